The first kappa shape index (κ1) is 12.3. The van der Waals surface area contributed by atoms with Crippen LogP contribution in [0.2, 0.25) is 0 Å². The largest absolute Gasteiger partial charge is 0.478 e. The molecule has 2 rings (SSSR count). The van der Waals surface area contributed by atoms with Crippen LogP contribution in [-0.4, -0.2) is 17.0 Å². The molecule has 1 heterocycles. The Morgan fingerprint density at radius 2 is 2.06 bits per heavy atom. The molecular weight excluding hydrogens is 250 g/mol. The molecule has 4 nitrogen and oxygen atoms in total. The summed E-state index contributed by atoms with van der Waals surface area (Å²) in [4.78, 5) is 23.3. The van der Waals surface area contributed by atoms with Gasteiger partial charge in [-0.1, -0.05) is 6.07 Å². The Bertz CT molecular complexity index is 590. The van der Waals surface area contributed by atoms with Gasteiger partial charge < -0.3 is 10.4 Å². The summed E-state index contributed by atoms with van der Waals surface area (Å²) in [7, 11) is 0. The standard InChI is InChI=1S/C13H11NO3S/c1-8-7-9(4-5-10(8)13(16)17)14-12(15)11-3-2-6-18-11/h2-7H,1H3,(H,14,15)(H,16,17). The fourth-order valence-corrected chi connectivity index (χ4v) is 2.20. The molecule has 2 aromatic rings. The fourth-order valence-electron chi connectivity index (χ4n) is 1.58. The number of carboxylic acid groups (broad SMARTS) is 1. The van der Waals surface area contributed by atoms with Crippen LogP contribution in [0, 0.1) is 6.92 Å². The van der Waals surface area contributed by atoms with Gasteiger partial charge in [0, 0.05) is 5.69 Å². The minimum absolute atomic E-state index is 0.188. The molecule has 0 saturated carbocycles. The molecule has 0 bridgehead atoms. The van der Waals surface area contributed by atoms with Crippen molar-refractivity contribution in [3.8, 4) is 0 Å². The zero-order valence-electron chi connectivity index (χ0n) is 9.64. The summed E-state index contributed by atoms with van der Waals surface area (Å²) in [6, 6.07) is 8.26. The van der Waals surface area contributed by atoms with Crippen molar-refractivity contribution in [2.45, 2.75) is 6.92 Å². The van der Waals surface area contributed by atoms with Crippen molar-refractivity contribution in [1.29, 1.82) is 0 Å². The van der Waals surface area contributed by atoms with Gasteiger partial charge in [-0.05, 0) is 42.1 Å². The van der Waals surface area contributed by atoms with Gasteiger partial charge in [-0.15, -0.1) is 11.3 Å². The molecule has 0 fully saturated rings. The van der Waals surface area contributed by atoms with E-state index in [9.17, 15) is 9.59 Å². The highest BCUT2D eigenvalue weighted by atomic mass is 32.1. The van der Waals surface area contributed by atoms with E-state index in [0.717, 1.165) is 0 Å². The zero-order chi connectivity index (χ0) is 13.1. The second-order valence-electron chi connectivity index (χ2n) is 3.77. The van der Waals surface area contributed by atoms with E-state index in [4.69, 9.17) is 5.11 Å². The third-order valence-corrected chi connectivity index (χ3v) is 3.33. The first-order valence-corrected chi connectivity index (χ1v) is 6.14. The summed E-state index contributed by atoms with van der Waals surface area (Å²) in [5.41, 5.74) is 1.45. The summed E-state index contributed by atoms with van der Waals surface area (Å²) in [6.07, 6.45) is 0. The number of anilines is 1. The third kappa shape index (κ3) is 2.57. The monoisotopic (exact) mass is 261 g/mol. The van der Waals surface area contributed by atoms with E-state index in [1.54, 1.807) is 31.2 Å². The number of amides is 1. The lowest BCUT2D eigenvalue weighted by Crippen LogP contribution is -2.10. The molecule has 0 radical (unpaired) electrons. The summed E-state index contributed by atoms with van der Waals surface area (Å²) < 4.78 is 0. The predicted octanol–water partition coefficient (Wildman–Crippen LogP) is 3.01. The SMILES string of the molecule is Cc1cc(NC(=O)c2cccs2)ccc1C(=O)O. The molecule has 0 aliphatic rings. The van der Waals surface area contributed by atoms with Crippen molar-refractivity contribution < 1.29 is 14.7 Å². The molecule has 0 saturated heterocycles. The summed E-state index contributed by atoms with van der Waals surface area (Å²) in [5, 5.41) is 13.5. The number of carboxylic acids is 1. The average Bonchev–Trinajstić information content (AvgIpc) is 2.81. The van der Waals surface area contributed by atoms with Crippen LogP contribution in [0.4, 0.5) is 5.69 Å². The number of hydrogen-bond acceptors (Lipinski definition) is 3. The smallest absolute Gasteiger partial charge is 0.335 e. The van der Waals surface area contributed by atoms with E-state index in [0.29, 0.717) is 16.1 Å². The Hall–Kier alpha value is -2.14. The Labute approximate surface area is 108 Å². The molecule has 92 valence electrons. The van der Waals surface area contributed by atoms with E-state index < -0.39 is 5.97 Å². The van der Waals surface area contributed by atoms with Crippen LogP contribution in [0.15, 0.2) is 35.7 Å². The Balaban J connectivity index is 2.18. The molecule has 0 unspecified atom stereocenters. The van der Waals surface area contributed by atoms with Gasteiger partial charge in [-0.3, -0.25) is 4.79 Å². The van der Waals surface area contributed by atoms with E-state index >= 15 is 0 Å². The molecule has 0 spiro atoms. The van der Waals surface area contributed by atoms with E-state index in [-0.39, 0.29) is 11.5 Å². The summed E-state index contributed by atoms with van der Waals surface area (Å²) >= 11 is 1.36. The van der Waals surface area contributed by atoms with Crippen molar-refractivity contribution in [2.75, 3.05) is 5.32 Å². The van der Waals surface area contributed by atoms with Gasteiger partial charge in [0.1, 0.15) is 0 Å². The van der Waals surface area contributed by atoms with Gasteiger partial charge in [0.2, 0.25) is 0 Å². The number of carbonyl (C=O) groups is 2. The molecule has 1 aromatic carbocycles. The average molecular weight is 261 g/mol. The topological polar surface area (TPSA) is 66.4 Å². The van der Waals surface area contributed by atoms with Gasteiger partial charge >= 0.3 is 5.97 Å². The lowest BCUT2D eigenvalue weighted by atomic mass is 10.1. The van der Waals surface area contributed by atoms with Crippen LogP contribution in [-0.2, 0) is 0 Å². The number of nitrogens with one attached hydrogen (secondary N) is 1. The number of rotatable bonds is 3. The van der Waals surface area contributed by atoms with Crippen molar-refractivity contribution >= 4 is 28.9 Å². The highest BCUT2D eigenvalue weighted by molar-refractivity contribution is 7.12. The minimum atomic E-state index is -0.969. The minimum Gasteiger partial charge on any atom is -0.478 e. The number of aromatic carboxylic acids is 1. The molecule has 1 amide bonds. The van der Waals surface area contributed by atoms with Crippen LogP contribution in [0.1, 0.15) is 25.6 Å². The van der Waals surface area contributed by atoms with Crippen molar-refractivity contribution in [3.63, 3.8) is 0 Å². The first-order valence-electron chi connectivity index (χ1n) is 5.27. The number of thiophene rings is 1. The van der Waals surface area contributed by atoms with E-state index in [1.165, 1.54) is 17.4 Å². The molecule has 0 aliphatic heterocycles. The van der Waals surface area contributed by atoms with Crippen molar-refractivity contribution in [1.82, 2.24) is 0 Å². The van der Waals surface area contributed by atoms with Crippen molar-refractivity contribution in [3.05, 3.63) is 51.7 Å². The lowest BCUT2D eigenvalue weighted by molar-refractivity contribution is 0.0696. The zero-order valence-corrected chi connectivity index (χ0v) is 10.5. The molecule has 5 heteroatoms. The van der Waals surface area contributed by atoms with Crippen LogP contribution in [0.5, 0.6) is 0 Å². The first-order chi connectivity index (χ1) is 8.58. The van der Waals surface area contributed by atoms with Gasteiger partial charge in [-0.25, -0.2) is 4.79 Å². The molecule has 1 aromatic heterocycles. The highest BCUT2D eigenvalue weighted by Gasteiger charge is 2.10. The molecular formula is C13H11NO3S. The van der Waals surface area contributed by atoms with Gasteiger partial charge in [0.25, 0.3) is 5.91 Å². The van der Waals surface area contributed by atoms with E-state index in [2.05, 4.69) is 5.32 Å². The van der Waals surface area contributed by atoms with Gasteiger partial charge in [0.15, 0.2) is 0 Å². The molecule has 0 aliphatic carbocycles. The Kier molecular flexibility index (Phi) is 3.43. The number of benzene rings is 1. The highest BCUT2D eigenvalue weighted by Crippen LogP contribution is 2.17. The van der Waals surface area contributed by atoms with Crippen LogP contribution in [0.25, 0.3) is 0 Å². The Morgan fingerprint density at radius 1 is 1.28 bits per heavy atom. The molecule has 2 N–H and O–H groups in total. The third-order valence-electron chi connectivity index (χ3n) is 2.46. The second-order valence-corrected chi connectivity index (χ2v) is 4.71. The van der Waals surface area contributed by atoms with Crippen LogP contribution in [0.3, 0.4) is 0 Å². The quantitative estimate of drug-likeness (QED) is 0.892. The maximum Gasteiger partial charge on any atom is 0.335 e. The van der Waals surface area contributed by atoms with Gasteiger partial charge in [0.05, 0.1) is 10.4 Å². The maximum atomic E-state index is 11.8. The number of aryl methyl sites for hydroxylation is 1. The van der Waals surface area contributed by atoms with Crippen molar-refractivity contribution in [2.24, 2.45) is 0 Å². The fraction of sp³-hybridized carbons (Fsp3) is 0.0769. The van der Waals surface area contributed by atoms with Gasteiger partial charge in [-0.2, -0.15) is 0 Å². The van der Waals surface area contributed by atoms with E-state index in [1.807, 2.05) is 5.38 Å². The number of carbonyl (C=O) groups excluding carboxylic acids is 1. The Morgan fingerprint density at radius 3 is 2.61 bits per heavy atom. The lowest BCUT2D eigenvalue weighted by Gasteiger charge is -2.06. The second kappa shape index (κ2) is 5.01. The number of hydrogen-bond donors (Lipinski definition) is 2. The van der Waals surface area contributed by atoms with Crippen LogP contribution < -0.4 is 5.32 Å². The summed E-state index contributed by atoms with van der Waals surface area (Å²) in [5.74, 6) is -1.16. The summed E-state index contributed by atoms with van der Waals surface area (Å²) in [6.45, 7) is 1.70. The normalized spacial score (nSPS) is 10.1. The molecule has 18 heavy (non-hydrogen) atoms. The van der Waals surface area contributed by atoms with Crippen LogP contribution >= 0.6 is 11.3 Å². The predicted molar refractivity (Wildman–Crippen MR) is 70.4 cm³/mol. The maximum absolute atomic E-state index is 11.8. The molecule has 0 atom stereocenters.